The number of carbonyl (C=O) groups is 4. The van der Waals surface area contributed by atoms with Gasteiger partial charge in [-0.2, -0.15) is 39.6 Å². The van der Waals surface area contributed by atoms with Crippen molar-refractivity contribution >= 4 is 122 Å². The molecule has 0 aliphatic rings. The van der Waals surface area contributed by atoms with Gasteiger partial charge in [0.1, 0.15) is 18.6 Å². The normalized spacial score (nSPS) is 10.9. The summed E-state index contributed by atoms with van der Waals surface area (Å²) in [6.45, 7) is -0.567. The molecule has 134 valence electrons. The van der Waals surface area contributed by atoms with Crippen LogP contribution in [0.25, 0.3) is 0 Å². The van der Waals surface area contributed by atoms with Crippen molar-refractivity contribution in [3.63, 3.8) is 0 Å². The first-order valence-corrected chi connectivity index (χ1v) is 6.29. The van der Waals surface area contributed by atoms with Crippen LogP contribution < -0.4 is 16.4 Å². The Morgan fingerprint density at radius 2 is 1.58 bits per heavy atom. The number of nitrogens with one attached hydrogen (secondary N) is 2. The van der Waals surface area contributed by atoms with Crippen LogP contribution in [0.3, 0.4) is 0 Å². The summed E-state index contributed by atoms with van der Waals surface area (Å²) in [5, 5.41) is 21.4. The molecule has 0 heterocycles. The van der Waals surface area contributed by atoms with Gasteiger partial charge >= 0.3 is 71.1 Å². The standard InChI is InChI=1S/C10H17N3O6S.2Na.2H2S.2H/c11-5(10(18)19)1-2-7(14)13-6(4-20)9(17)12-3-8(15)16;;;;;;/h5-6,20H,1-4,11H2,(H,12,17)(H,13,14)(H,15,16)(H,18,19);;;2*1H2;;/t5-,6-;;;;;;/m0....../s1. The van der Waals surface area contributed by atoms with E-state index in [9.17, 15) is 19.2 Å². The Morgan fingerprint density at radius 1 is 1.08 bits per heavy atom. The Kier molecular flexibility index (Phi) is 30.2. The minimum atomic E-state index is -1.22. The van der Waals surface area contributed by atoms with E-state index in [1.54, 1.807) is 0 Å². The predicted molar refractivity (Wildman–Crippen MR) is 106 cm³/mol. The second-order valence-electron chi connectivity index (χ2n) is 3.90. The van der Waals surface area contributed by atoms with Crippen LogP contribution >= 0.6 is 39.6 Å². The zero-order valence-electron chi connectivity index (χ0n) is 11.5. The average Bonchev–Trinajstić information content (AvgIpc) is 2.38. The summed E-state index contributed by atoms with van der Waals surface area (Å²) >= 11 is 3.87. The summed E-state index contributed by atoms with van der Waals surface area (Å²) in [7, 11) is 0. The zero-order valence-corrected chi connectivity index (χ0v) is 14.4. The van der Waals surface area contributed by atoms with Crippen molar-refractivity contribution in [1.29, 1.82) is 0 Å². The van der Waals surface area contributed by atoms with Gasteiger partial charge in [-0.25, -0.2) is 0 Å². The second kappa shape index (κ2) is 20.2. The molecule has 24 heavy (non-hydrogen) atoms. The number of rotatable bonds is 9. The van der Waals surface area contributed by atoms with E-state index < -0.39 is 42.4 Å². The molecule has 14 heteroatoms. The van der Waals surface area contributed by atoms with E-state index in [2.05, 4.69) is 23.3 Å². The van der Waals surface area contributed by atoms with Crippen LogP contribution in [0.1, 0.15) is 12.8 Å². The van der Waals surface area contributed by atoms with Crippen LogP contribution in [0.2, 0.25) is 0 Å². The van der Waals surface area contributed by atoms with Crippen LogP contribution in [0, 0.1) is 0 Å². The molecular formula is C10H23N3Na2O6S3. The van der Waals surface area contributed by atoms with Crippen molar-refractivity contribution < 1.29 is 29.4 Å². The van der Waals surface area contributed by atoms with E-state index in [-0.39, 0.29) is 105 Å². The third-order valence-corrected chi connectivity index (χ3v) is 2.61. The van der Waals surface area contributed by atoms with Crippen molar-refractivity contribution in [2.24, 2.45) is 5.73 Å². The summed E-state index contributed by atoms with van der Waals surface area (Å²) in [6, 6.07) is -2.15. The molecule has 9 nitrogen and oxygen atoms in total. The van der Waals surface area contributed by atoms with Gasteiger partial charge in [0.25, 0.3) is 0 Å². The summed E-state index contributed by atoms with van der Waals surface area (Å²) < 4.78 is 0. The Balaban J connectivity index is -0.000000301. The first-order valence-electron chi connectivity index (χ1n) is 5.66. The van der Waals surface area contributed by atoms with E-state index in [4.69, 9.17) is 15.9 Å². The Morgan fingerprint density at radius 3 is 1.96 bits per heavy atom. The second-order valence-corrected chi connectivity index (χ2v) is 4.26. The third-order valence-electron chi connectivity index (χ3n) is 2.25. The Hall–Kier alpha value is 0.890. The van der Waals surface area contributed by atoms with Gasteiger partial charge < -0.3 is 26.6 Å². The van der Waals surface area contributed by atoms with Crippen LogP contribution in [-0.2, 0) is 19.2 Å². The van der Waals surface area contributed by atoms with Gasteiger partial charge in [-0.15, -0.1) is 0 Å². The summed E-state index contributed by atoms with van der Waals surface area (Å²) in [5.41, 5.74) is 5.23. The van der Waals surface area contributed by atoms with Crippen molar-refractivity contribution in [1.82, 2.24) is 10.6 Å². The summed E-state index contributed by atoms with van der Waals surface area (Å²) in [6.07, 6.45) is -0.235. The average molecular weight is 423 g/mol. The monoisotopic (exact) mass is 423 g/mol. The van der Waals surface area contributed by atoms with E-state index in [0.29, 0.717) is 0 Å². The van der Waals surface area contributed by atoms with Gasteiger partial charge in [-0.1, -0.05) is 0 Å². The van der Waals surface area contributed by atoms with E-state index in [1.165, 1.54) is 0 Å². The van der Waals surface area contributed by atoms with Crippen molar-refractivity contribution in [2.75, 3.05) is 12.3 Å². The SMILES string of the molecule is N[C@@H](CCC(=O)N[C@@H](CS)C(=O)NCC(=O)O)C(=O)O.S.S.[NaH].[NaH]. The van der Waals surface area contributed by atoms with Gasteiger partial charge in [0.15, 0.2) is 0 Å². The summed E-state index contributed by atoms with van der Waals surface area (Å²) in [5.74, 6) is -3.70. The molecule has 0 aromatic carbocycles. The number of aliphatic carboxylic acids is 2. The van der Waals surface area contributed by atoms with Crippen molar-refractivity contribution in [3.8, 4) is 0 Å². The maximum absolute atomic E-state index is 11.5. The first-order chi connectivity index (χ1) is 9.27. The number of carboxylic acid groups (broad SMARTS) is 2. The number of carbonyl (C=O) groups excluding carboxylic acids is 2. The number of hydrogen-bond acceptors (Lipinski definition) is 6. The Bertz CT molecular complexity index is 406. The van der Waals surface area contributed by atoms with Crippen LogP contribution in [0.5, 0.6) is 0 Å². The van der Waals surface area contributed by atoms with Crippen LogP contribution in [-0.4, -0.2) is 117 Å². The molecule has 0 aliphatic carbocycles. The fourth-order valence-electron chi connectivity index (χ4n) is 1.16. The molecule has 0 aromatic rings. The van der Waals surface area contributed by atoms with Crippen LogP contribution in [0.15, 0.2) is 0 Å². The quantitative estimate of drug-likeness (QED) is 0.168. The first kappa shape index (κ1) is 35.9. The molecule has 0 saturated carbocycles. The molecule has 0 saturated heterocycles. The number of nitrogens with two attached hydrogens (primary N) is 1. The molecule has 0 rings (SSSR count). The molecule has 0 radical (unpaired) electrons. The molecule has 0 fully saturated rings. The predicted octanol–water partition coefficient (Wildman–Crippen LogP) is -3.28. The maximum atomic E-state index is 11.5. The topological polar surface area (TPSA) is 159 Å². The molecule has 0 unspecified atom stereocenters. The number of amides is 2. The van der Waals surface area contributed by atoms with Crippen molar-refractivity contribution in [3.05, 3.63) is 0 Å². The summed E-state index contributed by atoms with van der Waals surface area (Å²) in [4.78, 5) is 43.7. The molecular weight excluding hydrogens is 400 g/mol. The van der Waals surface area contributed by atoms with E-state index >= 15 is 0 Å². The van der Waals surface area contributed by atoms with Gasteiger partial charge in [0, 0.05) is 12.2 Å². The van der Waals surface area contributed by atoms with E-state index in [1.807, 2.05) is 0 Å². The number of thiol groups is 1. The molecule has 0 aliphatic heterocycles. The van der Waals surface area contributed by atoms with Crippen molar-refractivity contribution in [2.45, 2.75) is 24.9 Å². The molecule has 6 N–H and O–H groups in total. The number of carboxylic acids is 2. The zero-order chi connectivity index (χ0) is 15.7. The van der Waals surface area contributed by atoms with Gasteiger partial charge in [-0.3, -0.25) is 19.2 Å². The van der Waals surface area contributed by atoms with Gasteiger partial charge in [-0.05, 0) is 6.42 Å². The molecule has 2 amide bonds. The van der Waals surface area contributed by atoms with Gasteiger partial charge in [0.05, 0.1) is 0 Å². The van der Waals surface area contributed by atoms with Gasteiger partial charge in [0.2, 0.25) is 11.8 Å². The Labute approximate surface area is 203 Å². The fraction of sp³-hybridized carbons (Fsp3) is 0.600. The minimum absolute atomic E-state index is 0. The van der Waals surface area contributed by atoms with Crippen LogP contribution in [0.4, 0.5) is 0 Å². The molecule has 2 atom stereocenters. The number of hydrogen-bond donors (Lipinski definition) is 6. The van der Waals surface area contributed by atoms with E-state index in [0.717, 1.165) is 0 Å². The fourth-order valence-corrected chi connectivity index (χ4v) is 1.41. The molecule has 0 aromatic heterocycles. The molecule has 0 bridgehead atoms. The molecule has 0 spiro atoms. The third kappa shape index (κ3) is 17.7.